The molecule has 0 aliphatic carbocycles. The molecule has 2 aliphatic rings. The van der Waals surface area contributed by atoms with Gasteiger partial charge in [0.2, 0.25) is 0 Å². The van der Waals surface area contributed by atoms with Gasteiger partial charge in [0.05, 0.1) is 25.4 Å². The van der Waals surface area contributed by atoms with Crippen molar-refractivity contribution in [1.29, 1.82) is 0 Å². The molecule has 8 heteroatoms. The molecule has 0 bridgehead atoms. The molecule has 2 saturated heterocycles. The van der Waals surface area contributed by atoms with Gasteiger partial charge in [-0.3, -0.25) is 4.90 Å². The zero-order chi connectivity index (χ0) is 18.4. The molecule has 0 amide bonds. The summed E-state index contributed by atoms with van der Waals surface area (Å²) in [6.07, 6.45) is 1.95. The lowest BCUT2D eigenvalue weighted by atomic mass is 9.92. The lowest BCUT2D eigenvalue weighted by Crippen LogP contribution is -2.56. The van der Waals surface area contributed by atoms with Crippen LogP contribution in [-0.2, 0) is 19.7 Å². The van der Waals surface area contributed by atoms with Crippen LogP contribution >= 0.6 is 0 Å². The molecule has 0 aromatic rings. The average Bonchev–Trinajstić information content (AvgIpc) is 2.58. The maximum atomic E-state index is 12.8. The van der Waals surface area contributed by atoms with Crippen molar-refractivity contribution in [2.24, 2.45) is 5.92 Å². The van der Waals surface area contributed by atoms with Gasteiger partial charge in [-0.2, -0.15) is 12.7 Å². The summed E-state index contributed by atoms with van der Waals surface area (Å²) in [4.78, 5) is 2.38. The van der Waals surface area contributed by atoms with Gasteiger partial charge in [-0.1, -0.05) is 26.7 Å². The summed E-state index contributed by atoms with van der Waals surface area (Å²) in [5.41, 5.74) is 0. The van der Waals surface area contributed by atoms with Crippen LogP contribution in [0.5, 0.6) is 0 Å². The molecule has 0 saturated carbocycles. The third-order valence-corrected chi connectivity index (χ3v) is 6.82. The number of hydrogen-bond donors (Lipinski definition) is 1. The van der Waals surface area contributed by atoms with Gasteiger partial charge in [0.1, 0.15) is 0 Å². The smallest absolute Gasteiger partial charge is 0.279 e. The molecule has 1 N–H and O–H groups in total. The first-order valence-corrected chi connectivity index (χ1v) is 11.0. The summed E-state index contributed by atoms with van der Waals surface area (Å²) in [5.74, 6) is 0.475. The number of nitrogens with zero attached hydrogens (tertiary/aromatic N) is 2. The second kappa shape index (κ2) is 9.62. The summed E-state index contributed by atoms with van der Waals surface area (Å²) in [5, 5.41) is 0. The molecule has 3 unspecified atom stereocenters. The molecule has 148 valence electrons. The van der Waals surface area contributed by atoms with Crippen LogP contribution in [0.2, 0.25) is 0 Å². The van der Waals surface area contributed by atoms with Crippen molar-refractivity contribution in [3.05, 3.63) is 0 Å². The molecule has 7 nitrogen and oxygen atoms in total. The number of nitrogens with one attached hydrogen (secondary N) is 1. The highest BCUT2D eigenvalue weighted by atomic mass is 32.2. The summed E-state index contributed by atoms with van der Waals surface area (Å²) in [7, 11) is -3.49. The van der Waals surface area contributed by atoms with E-state index in [1.54, 1.807) is 0 Å². The van der Waals surface area contributed by atoms with Crippen molar-refractivity contribution in [1.82, 2.24) is 13.9 Å². The summed E-state index contributed by atoms with van der Waals surface area (Å²) < 4.78 is 41.1. The topological polar surface area (TPSA) is 71.1 Å². The number of rotatable bonds is 8. The molecule has 25 heavy (non-hydrogen) atoms. The van der Waals surface area contributed by atoms with Gasteiger partial charge in [-0.05, 0) is 19.8 Å². The van der Waals surface area contributed by atoms with E-state index in [0.29, 0.717) is 25.6 Å². The van der Waals surface area contributed by atoms with Crippen molar-refractivity contribution < 1.29 is 17.9 Å². The fourth-order valence-electron chi connectivity index (χ4n) is 3.94. The van der Waals surface area contributed by atoms with Crippen molar-refractivity contribution in [3.8, 4) is 0 Å². The van der Waals surface area contributed by atoms with E-state index in [9.17, 15) is 8.42 Å². The van der Waals surface area contributed by atoms with E-state index < -0.39 is 10.2 Å². The molecular weight excluding hydrogens is 342 g/mol. The van der Waals surface area contributed by atoms with Crippen LogP contribution in [0.15, 0.2) is 0 Å². The van der Waals surface area contributed by atoms with E-state index in [4.69, 9.17) is 9.47 Å². The molecule has 0 aromatic heterocycles. The summed E-state index contributed by atoms with van der Waals surface area (Å²) in [6.45, 7) is 12.7. The highest BCUT2D eigenvalue weighted by Crippen LogP contribution is 2.20. The number of hydrogen-bond acceptors (Lipinski definition) is 5. The van der Waals surface area contributed by atoms with Gasteiger partial charge in [-0.15, -0.1) is 0 Å². The molecule has 2 fully saturated rings. The fraction of sp³-hybridized carbons (Fsp3) is 1.00. The van der Waals surface area contributed by atoms with E-state index in [1.807, 2.05) is 13.8 Å². The molecule has 3 atom stereocenters. The third-order valence-electron chi connectivity index (χ3n) is 5.31. The lowest BCUT2D eigenvalue weighted by Gasteiger charge is -2.39. The van der Waals surface area contributed by atoms with Crippen LogP contribution in [0.25, 0.3) is 0 Å². The Morgan fingerprint density at radius 1 is 1.08 bits per heavy atom. The zero-order valence-corrected chi connectivity index (χ0v) is 16.9. The van der Waals surface area contributed by atoms with Crippen molar-refractivity contribution in [2.75, 3.05) is 45.9 Å². The Morgan fingerprint density at radius 3 is 2.16 bits per heavy atom. The SMILES string of the molecule is CCC(CC)C(CNS(=O)(=O)N1CC(C)OC(C)C1)N1CCOCC1. The normalized spacial score (nSPS) is 28.4. The Balaban J connectivity index is 2.02. The van der Waals surface area contributed by atoms with Crippen molar-refractivity contribution in [2.45, 2.75) is 58.8 Å². The van der Waals surface area contributed by atoms with Gasteiger partial charge in [0, 0.05) is 38.8 Å². The van der Waals surface area contributed by atoms with E-state index in [0.717, 1.165) is 39.1 Å². The monoisotopic (exact) mass is 377 g/mol. The molecule has 2 aliphatic heterocycles. The van der Waals surface area contributed by atoms with Gasteiger partial charge < -0.3 is 9.47 Å². The van der Waals surface area contributed by atoms with Crippen molar-refractivity contribution >= 4 is 10.2 Å². The second-order valence-corrected chi connectivity index (χ2v) is 8.98. The fourth-order valence-corrected chi connectivity index (χ4v) is 5.32. The average molecular weight is 378 g/mol. The van der Waals surface area contributed by atoms with Gasteiger partial charge in [-0.25, -0.2) is 4.72 Å². The molecule has 0 spiro atoms. The summed E-state index contributed by atoms with van der Waals surface area (Å²) in [6, 6.07) is 0.213. The third kappa shape index (κ3) is 5.87. The highest BCUT2D eigenvalue weighted by Gasteiger charge is 2.33. The highest BCUT2D eigenvalue weighted by molar-refractivity contribution is 7.87. The van der Waals surface area contributed by atoms with E-state index >= 15 is 0 Å². The standard InChI is InChI=1S/C17H35N3O4S/c1-5-16(6-2)17(19-7-9-23-10-8-19)11-18-25(21,22)20-12-14(3)24-15(4)13-20/h14-18H,5-13H2,1-4H3. The first-order valence-electron chi connectivity index (χ1n) is 9.59. The molecule has 0 radical (unpaired) electrons. The predicted molar refractivity (Wildman–Crippen MR) is 98.8 cm³/mol. The van der Waals surface area contributed by atoms with Gasteiger partial charge in [0.25, 0.3) is 10.2 Å². The van der Waals surface area contributed by atoms with Crippen LogP contribution < -0.4 is 4.72 Å². The van der Waals surface area contributed by atoms with E-state index in [-0.39, 0.29) is 18.2 Å². The Morgan fingerprint density at radius 2 is 1.64 bits per heavy atom. The number of ether oxygens (including phenoxy) is 2. The largest absolute Gasteiger partial charge is 0.379 e. The minimum Gasteiger partial charge on any atom is -0.379 e. The Hall–Kier alpha value is -0.250. The first kappa shape index (κ1) is 21.1. The Labute approximate surface area is 153 Å². The zero-order valence-electron chi connectivity index (χ0n) is 16.1. The maximum Gasteiger partial charge on any atom is 0.279 e. The lowest BCUT2D eigenvalue weighted by molar-refractivity contribution is -0.0445. The molecule has 2 rings (SSSR count). The Bertz CT molecular complexity index is 482. The van der Waals surface area contributed by atoms with Crippen molar-refractivity contribution in [3.63, 3.8) is 0 Å². The second-order valence-electron chi connectivity index (χ2n) is 7.22. The predicted octanol–water partition coefficient (Wildman–Crippen LogP) is 1.07. The summed E-state index contributed by atoms with van der Waals surface area (Å²) >= 11 is 0. The quantitative estimate of drug-likeness (QED) is 0.685. The van der Waals surface area contributed by atoms with Crippen LogP contribution in [0.4, 0.5) is 0 Å². The first-order chi connectivity index (χ1) is 11.9. The maximum absolute atomic E-state index is 12.8. The van der Waals surface area contributed by atoms with Gasteiger partial charge >= 0.3 is 0 Å². The van der Waals surface area contributed by atoms with Crippen LogP contribution in [0.1, 0.15) is 40.5 Å². The molecule has 2 heterocycles. The van der Waals surface area contributed by atoms with Crippen LogP contribution in [-0.4, -0.2) is 81.8 Å². The minimum atomic E-state index is -3.49. The molecule has 0 aromatic carbocycles. The van der Waals surface area contributed by atoms with E-state index in [2.05, 4.69) is 23.5 Å². The van der Waals surface area contributed by atoms with Crippen LogP contribution in [0, 0.1) is 5.92 Å². The molecular formula is C17H35N3O4S. The number of morpholine rings is 2. The Kier molecular flexibility index (Phi) is 8.10. The minimum absolute atomic E-state index is 0.0746. The van der Waals surface area contributed by atoms with E-state index in [1.165, 1.54) is 4.31 Å². The van der Waals surface area contributed by atoms with Gasteiger partial charge in [0.15, 0.2) is 0 Å². The van der Waals surface area contributed by atoms with Crippen LogP contribution in [0.3, 0.4) is 0 Å².